The number of nitrogen functional groups attached to an aromatic ring is 1. The molecule has 0 spiro atoms. The van der Waals surface area contributed by atoms with Gasteiger partial charge in [0.05, 0.1) is 34.2 Å². The maximum absolute atomic E-state index is 13.1. The molecule has 8 nitrogen and oxygen atoms in total. The summed E-state index contributed by atoms with van der Waals surface area (Å²) in [5, 5.41) is 4.03. The van der Waals surface area contributed by atoms with Crippen LogP contribution < -0.4 is 16.6 Å². The summed E-state index contributed by atoms with van der Waals surface area (Å²) >= 11 is 1.22. The average Bonchev–Trinajstić information content (AvgIpc) is 3.60. The van der Waals surface area contributed by atoms with Gasteiger partial charge in [-0.25, -0.2) is 4.98 Å². The number of carbonyl (C=O) groups is 1. The molecule has 0 radical (unpaired) electrons. The molecular formula is C25H21N5O3S. The van der Waals surface area contributed by atoms with Crippen LogP contribution in [-0.2, 0) is 4.74 Å². The number of para-hydroxylation sites is 1. The molecule has 0 unspecified atom stereocenters. The van der Waals surface area contributed by atoms with Crippen LogP contribution in [0.5, 0.6) is 0 Å². The fourth-order valence-electron chi connectivity index (χ4n) is 4.34. The standard InChI is InChI=1S/C25H21N5O3S/c26-22-25(32)30(20-13-21(34-24(20)28-22)23(31)27-16-9-11-33-14-16)18-7-6-15-8-10-29(19(15)12-18)17-4-2-1-3-5-17/h1-8,10,12-13,16H,9,11,14H2,(H2,26,28)(H,27,31)/t16-/m1/s1. The number of nitrogens with one attached hydrogen (secondary N) is 1. The van der Waals surface area contributed by atoms with Crippen LogP contribution in [0.25, 0.3) is 32.6 Å². The molecule has 3 aromatic heterocycles. The quantitative estimate of drug-likeness (QED) is 0.418. The molecule has 170 valence electrons. The van der Waals surface area contributed by atoms with Crippen molar-refractivity contribution in [3.8, 4) is 11.4 Å². The third-order valence-corrected chi connectivity index (χ3v) is 7.05. The third kappa shape index (κ3) is 3.46. The summed E-state index contributed by atoms with van der Waals surface area (Å²) < 4.78 is 8.95. The summed E-state index contributed by atoms with van der Waals surface area (Å²) in [6.07, 6.45) is 2.79. The molecule has 1 atom stereocenters. The molecule has 0 bridgehead atoms. The van der Waals surface area contributed by atoms with Gasteiger partial charge in [0.2, 0.25) is 0 Å². The zero-order valence-electron chi connectivity index (χ0n) is 18.1. The van der Waals surface area contributed by atoms with Crippen LogP contribution in [0.3, 0.4) is 0 Å². The average molecular weight is 472 g/mol. The lowest BCUT2D eigenvalue weighted by Gasteiger charge is -2.11. The van der Waals surface area contributed by atoms with E-state index in [0.29, 0.717) is 34.1 Å². The van der Waals surface area contributed by atoms with Crippen molar-refractivity contribution in [1.29, 1.82) is 0 Å². The minimum Gasteiger partial charge on any atom is -0.379 e. The summed E-state index contributed by atoms with van der Waals surface area (Å²) in [6, 6.07) is 19.5. The molecular weight excluding hydrogens is 450 g/mol. The van der Waals surface area contributed by atoms with Gasteiger partial charge in [-0.2, -0.15) is 0 Å². The van der Waals surface area contributed by atoms with E-state index in [0.717, 1.165) is 23.0 Å². The highest BCUT2D eigenvalue weighted by molar-refractivity contribution is 7.20. The molecule has 9 heteroatoms. The van der Waals surface area contributed by atoms with E-state index in [1.807, 2.05) is 60.8 Å². The van der Waals surface area contributed by atoms with Gasteiger partial charge in [-0.05, 0) is 42.8 Å². The lowest BCUT2D eigenvalue weighted by Crippen LogP contribution is -2.34. The molecule has 4 heterocycles. The maximum atomic E-state index is 13.1. The number of anilines is 1. The van der Waals surface area contributed by atoms with Crippen LogP contribution in [0.15, 0.2) is 71.7 Å². The Labute approximate surface area is 198 Å². The Bertz CT molecular complexity index is 1600. The Balaban J connectivity index is 1.48. The Morgan fingerprint density at radius 1 is 1.09 bits per heavy atom. The van der Waals surface area contributed by atoms with Crippen molar-refractivity contribution in [2.24, 2.45) is 0 Å². The first-order chi connectivity index (χ1) is 16.6. The normalized spacial score (nSPS) is 15.8. The molecule has 0 saturated carbocycles. The molecule has 0 aliphatic carbocycles. The molecule has 1 fully saturated rings. The van der Waals surface area contributed by atoms with Gasteiger partial charge in [-0.3, -0.25) is 14.2 Å². The Morgan fingerprint density at radius 2 is 1.94 bits per heavy atom. The predicted molar refractivity (Wildman–Crippen MR) is 133 cm³/mol. The first-order valence-electron chi connectivity index (χ1n) is 11.0. The molecule has 1 amide bonds. The number of fused-ring (bicyclic) bond motifs is 2. The summed E-state index contributed by atoms with van der Waals surface area (Å²) in [4.78, 5) is 31.2. The summed E-state index contributed by atoms with van der Waals surface area (Å²) in [7, 11) is 0. The largest absolute Gasteiger partial charge is 0.379 e. The summed E-state index contributed by atoms with van der Waals surface area (Å²) in [5.74, 6) is -0.312. The smallest absolute Gasteiger partial charge is 0.298 e. The Hall–Kier alpha value is -3.95. The minimum atomic E-state index is -0.418. The highest BCUT2D eigenvalue weighted by Gasteiger charge is 2.22. The Morgan fingerprint density at radius 3 is 2.74 bits per heavy atom. The summed E-state index contributed by atoms with van der Waals surface area (Å²) in [5.41, 5.74) is 8.75. The van der Waals surface area contributed by atoms with Crippen molar-refractivity contribution in [2.75, 3.05) is 18.9 Å². The zero-order valence-corrected chi connectivity index (χ0v) is 18.9. The number of nitrogens with two attached hydrogens (primary N) is 1. The molecule has 6 rings (SSSR count). The van der Waals surface area contributed by atoms with Gasteiger partial charge >= 0.3 is 0 Å². The summed E-state index contributed by atoms with van der Waals surface area (Å²) in [6.45, 7) is 1.15. The number of ether oxygens (including phenoxy) is 1. The molecule has 1 aliphatic heterocycles. The second-order valence-electron chi connectivity index (χ2n) is 8.24. The van der Waals surface area contributed by atoms with Crippen LogP contribution in [0.4, 0.5) is 5.82 Å². The second-order valence-corrected chi connectivity index (χ2v) is 9.27. The van der Waals surface area contributed by atoms with E-state index >= 15 is 0 Å². The van der Waals surface area contributed by atoms with E-state index in [2.05, 4.69) is 14.9 Å². The molecule has 5 aromatic rings. The number of thiophene rings is 1. The van der Waals surface area contributed by atoms with Gasteiger partial charge in [0, 0.05) is 23.9 Å². The highest BCUT2D eigenvalue weighted by atomic mass is 32.1. The van der Waals surface area contributed by atoms with Gasteiger partial charge in [-0.1, -0.05) is 24.3 Å². The second kappa shape index (κ2) is 8.12. The third-order valence-electron chi connectivity index (χ3n) is 6.04. The van der Waals surface area contributed by atoms with Crippen molar-refractivity contribution in [3.05, 3.63) is 82.1 Å². The number of hydrogen-bond acceptors (Lipinski definition) is 6. The molecule has 34 heavy (non-hydrogen) atoms. The fourth-order valence-corrected chi connectivity index (χ4v) is 5.27. The van der Waals surface area contributed by atoms with Crippen LogP contribution in [0.1, 0.15) is 16.1 Å². The van der Waals surface area contributed by atoms with E-state index in [4.69, 9.17) is 10.5 Å². The van der Waals surface area contributed by atoms with Crippen molar-refractivity contribution >= 4 is 44.3 Å². The van der Waals surface area contributed by atoms with E-state index in [1.54, 1.807) is 6.07 Å². The fraction of sp³-hybridized carbons (Fsp3) is 0.160. The number of benzene rings is 2. The molecule has 1 saturated heterocycles. The van der Waals surface area contributed by atoms with Crippen molar-refractivity contribution in [3.63, 3.8) is 0 Å². The molecule has 2 aromatic carbocycles. The van der Waals surface area contributed by atoms with Gasteiger partial charge in [0.1, 0.15) is 4.83 Å². The van der Waals surface area contributed by atoms with Gasteiger partial charge in [0.15, 0.2) is 5.82 Å². The number of aromatic nitrogens is 3. The van der Waals surface area contributed by atoms with Crippen LogP contribution in [-0.4, -0.2) is 39.3 Å². The number of amides is 1. The van der Waals surface area contributed by atoms with Crippen molar-refractivity contribution < 1.29 is 9.53 Å². The maximum Gasteiger partial charge on any atom is 0.298 e. The number of rotatable bonds is 4. The monoisotopic (exact) mass is 471 g/mol. The van der Waals surface area contributed by atoms with Crippen LogP contribution in [0, 0.1) is 0 Å². The minimum absolute atomic E-state index is 0.00823. The van der Waals surface area contributed by atoms with E-state index < -0.39 is 5.56 Å². The van der Waals surface area contributed by atoms with Gasteiger partial charge in [-0.15, -0.1) is 11.3 Å². The zero-order chi connectivity index (χ0) is 23.2. The predicted octanol–water partition coefficient (Wildman–Crippen LogP) is 3.49. The first-order valence-corrected chi connectivity index (χ1v) is 11.8. The van der Waals surface area contributed by atoms with Crippen molar-refractivity contribution in [2.45, 2.75) is 12.5 Å². The van der Waals surface area contributed by atoms with Gasteiger partial charge in [0.25, 0.3) is 11.5 Å². The Kier molecular flexibility index (Phi) is 4.93. The van der Waals surface area contributed by atoms with Crippen LogP contribution >= 0.6 is 11.3 Å². The topological polar surface area (TPSA) is 104 Å². The van der Waals surface area contributed by atoms with E-state index in [1.165, 1.54) is 15.9 Å². The first kappa shape index (κ1) is 20.6. The SMILES string of the molecule is Nc1nc2sc(C(=O)N[C@@H]3CCOC3)cc2n(-c2ccc3ccn(-c4ccccc4)c3c2)c1=O. The van der Waals surface area contributed by atoms with E-state index in [9.17, 15) is 9.59 Å². The number of hydrogen-bond donors (Lipinski definition) is 2. The van der Waals surface area contributed by atoms with E-state index in [-0.39, 0.29) is 17.8 Å². The molecule has 3 N–H and O–H groups in total. The lowest BCUT2D eigenvalue weighted by atomic mass is 10.2. The lowest BCUT2D eigenvalue weighted by molar-refractivity contribution is 0.0934. The number of carbonyl (C=O) groups excluding carboxylic acids is 1. The molecule has 1 aliphatic rings. The highest BCUT2D eigenvalue weighted by Crippen LogP contribution is 2.28. The van der Waals surface area contributed by atoms with Gasteiger partial charge < -0.3 is 20.4 Å². The van der Waals surface area contributed by atoms with Crippen molar-refractivity contribution in [1.82, 2.24) is 19.4 Å². The number of nitrogens with zero attached hydrogens (tertiary/aromatic N) is 3. The van der Waals surface area contributed by atoms with Crippen LogP contribution in [0.2, 0.25) is 0 Å².